The smallest absolute Gasteiger partial charge is 0.254 e. The second-order valence-electron chi connectivity index (χ2n) is 5.81. The molecule has 3 rings (SSSR count). The number of hydrogen-bond acceptors (Lipinski definition) is 4. The Labute approximate surface area is 145 Å². The maximum atomic E-state index is 12.9. The van der Waals surface area contributed by atoms with Crippen molar-refractivity contribution >= 4 is 15.9 Å². The van der Waals surface area contributed by atoms with Gasteiger partial charge in [-0.2, -0.15) is 4.31 Å². The Kier molecular flexibility index (Phi) is 5.10. The molecule has 1 aromatic carbocycles. The fourth-order valence-electron chi connectivity index (χ4n) is 2.73. The van der Waals surface area contributed by atoms with Crippen LogP contribution in [-0.2, 0) is 15.8 Å². The average molecular weight is 363 g/mol. The van der Waals surface area contributed by atoms with Crippen LogP contribution in [0.4, 0.5) is 4.39 Å². The molecule has 0 radical (unpaired) electrons. The van der Waals surface area contributed by atoms with Gasteiger partial charge in [0.2, 0.25) is 10.0 Å². The Morgan fingerprint density at radius 3 is 2.20 bits per heavy atom. The second kappa shape index (κ2) is 7.28. The lowest BCUT2D eigenvalue weighted by atomic mass is 10.2. The summed E-state index contributed by atoms with van der Waals surface area (Å²) in [5, 5.41) is 0. The fraction of sp³-hybridized carbons (Fsp3) is 0.294. The van der Waals surface area contributed by atoms with E-state index in [1.165, 1.54) is 28.6 Å². The molecule has 6 nitrogen and oxygen atoms in total. The van der Waals surface area contributed by atoms with E-state index >= 15 is 0 Å². The number of hydrogen-bond donors (Lipinski definition) is 0. The zero-order valence-electron chi connectivity index (χ0n) is 13.5. The van der Waals surface area contributed by atoms with Crippen molar-refractivity contribution in [2.24, 2.45) is 0 Å². The Morgan fingerprint density at radius 1 is 1.00 bits per heavy atom. The van der Waals surface area contributed by atoms with Crippen molar-refractivity contribution in [3.05, 3.63) is 65.7 Å². The lowest BCUT2D eigenvalue weighted by Crippen LogP contribution is -2.50. The monoisotopic (exact) mass is 363 g/mol. The summed E-state index contributed by atoms with van der Waals surface area (Å²) in [6, 6.07) is 8.71. The Bertz CT molecular complexity index is 833. The molecule has 1 saturated heterocycles. The van der Waals surface area contributed by atoms with Gasteiger partial charge >= 0.3 is 0 Å². The molecule has 1 fully saturated rings. The molecular formula is C17H18FN3O3S. The Morgan fingerprint density at radius 2 is 1.60 bits per heavy atom. The molecule has 0 atom stereocenters. The summed E-state index contributed by atoms with van der Waals surface area (Å²) in [6.45, 7) is 1.17. The lowest BCUT2D eigenvalue weighted by molar-refractivity contribution is 0.0697. The fourth-order valence-corrected chi connectivity index (χ4v) is 4.24. The zero-order valence-corrected chi connectivity index (χ0v) is 14.3. The molecule has 2 heterocycles. The quantitative estimate of drug-likeness (QED) is 0.826. The highest BCUT2D eigenvalue weighted by molar-refractivity contribution is 7.88. The molecule has 8 heteroatoms. The molecule has 132 valence electrons. The lowest BCUT2D eigenvalue weighted by Gasteiger charge is -2.34. The van der Waals surface area contributed by atoms with Crippen LogP contribution in [0.25, 0.3) is 0 Å². The summed E-state index contributed by atoms with van der Waals surface area (Å²) >= 11 is 0. The third-order valence-electron chi connectivity index (χ3n) is 4.11. The largest absolute Gasteiger partial charge is 0.336 e. The average Bonchev–Trinajstić information content (AvgIpc) is 2.64. The molecule has 0 N–H and O–H groups in total. The highest BCUT2D eigenvalue weighted by atomic mass is 32.2. The SMILES string of the molecule is O=C(c1ccncc1)N1CCN(S(=O)(=O)Cc2ccc(F)cc2)CC1. The molecule has 1 amide bonds. The number of piperazine rings is 1. The van der Waals surface area contributed by atoms with Gasteiger partial charge in [-0.05, 0) is 29.8 Å². The molecule has 1 aliphatic rings. The van der Waals surface area contributed by atoms with Crippen molar-refractivity contribution < 1.29 is 17.6 Å². The maximum absolute atomic E-state index is 12.9. The van der Waals surface area contributed by atoms with E-state index < -0.39 is 15.8 Å². The number of nitrogens with zero attached hydrogens (tertiary/aromatic N) is 3. The van der Waals surface area contributed by atoms with Gasteiger partial charge in [0.05, 0.1) is 5.75 Å². The van der Waals surface area contributed by atoms with Crippen molar-refractivity contribution in [2.75, 3.05) is 26.2 Å². The van der Waals surface area contributed by atoms with Crippen molar-refractivity contribution in [3.8, 4) is 0 Å². The standard InChI is InChI=1S/C17H18FN3O3S/c18-16-3-1-14(2-4-16)13-25(23,24)21-11-9-20(10-12-21)17(22)15-5-7-19-8-6-15/h1-8H,9-13H2. The minimum absolute atomic E-state index is 0.127. The van der Waals surface area contributed by atoms with Crippen LogP contribution in [-0.4, -0.2) is 54.7 Å². The first-order valence-electron chi connectivity index (χ1n) is 7.87. The number of pyridine rings is 1. The number of aromatic nitrogens is 1. The number of carbonyl (C=O) groups excluding carboxylic acids is 1. The van der Waals surface area contributed by atoms with Gasteiger partial charge in [-0.15, -0.1) is 0 Å². The van der Waals surface area contributed by atoms with E-state index in [1.807, 2.05) is 0 Å². The van der Waals surface area contributed by atoms with Crippen molar-refractivity contribution in [2.45, 2.75) is 5.75 Å². The molecule has 0 saturated carbocycles. The molecule has 25 heavy (non-hydrogen) atoms. The van der Waals surface area contributed by atoms with Crippen LogP contribution in [0, 0.1) is 5.82 Å². The van der Waals surface area contributed by atoms with Gasteiger partial charge in [0.1, 0.15) is 5.82 Å². The molecule has 0 spiro atoms. The molecule has 0 bridgehead atoms. The van der Waals surface area contributed by atoms with Gasteiger partial charge in [-0.3, -0.25) is 9.78 Å². The van der Waals surface area contributed by atoms with Crippen LogP contribution >= 0.6 is 0 Å². The van der Waals surface area contributed by atoms with E-state index in [9.17, 15) is 17.6 Å². The van der Waals surface area contributed by atoms with Crippen LogP contribution in [0.2, 0.25) is 0 Å². The maximum Gasteiger partial charge on any atom is 0.254 e. The highest BCUT2D eigenvalue weighted by Gasteiger charge is 2.29. The normalized spacial score (nSPS) is 16.0. The number of sulfonamides is 1. The second-order valence-corrected chi connectivity index (χ2v) is 7.78. The van der Waals surface area contributed by atoms with Gasteiger partial charge in [0.15, 0.2) is 0 Å². The van der Waals surface area contributed by atoms with Crippen molar-refractivity contribution in [3.63, 3.8) is 0 Å². The summed E-state index contributed by atoms with van der Waals surface area (Å²) in [4.78, 5) is 17.9. The number of rotatable bonds is 4. The number of carbonyl (C=O) groups is 1. The van der Waals surface area contributed by atoms with Gasteiger partial charge < -0.3 is 4.90 Å². The third-order valence-corrected chi connectivity index (χ3v) is 5.96. The Balaban J connectivity index is 1.61. The van der Waals surface area contributed by atoms with Crippen LogP contribution in [0.1, 0.15) is 15.9 Å². The topological polar surface area (TPSA) is 70.6 Å². The summed E-state index contributed by atoms with van der Waals surface area (Å²) in [6.07, 6.45) is 3.10. The molecule has 0 aliphatic carbocycles. The summed E-state index contributed by atoms with van der Waals surface area (Å²) < 4.78 is 39.3. The Hall–Kier alpha value is -2.32. The minimum Gasteiger partial charge on any atom is -0.336 e. The minimum atomic E-state index is -3.50. The molecule has 0 unspecified atom stereocenters. The summed E-state index contributed by atoms with van der Waals surface area (Å²) in [5.74, 6) is -0.701. The van der Waals surface area contributed by atoms with Crippen molar-refractivity contribution in [1.82, 2.24) is 14.2 Å². The number of amides is 1. The van der Waals surface area contributed by atoms with Gasteiger partial charge in [-0.25, -0.2) is 12.8 Å². The van der Waals surface area contributed by atoms with E-state index in [2.05, 4.69) is 4.98 Å². The van der Waals surface area contributed by atoms with Crippen LogP contribution in [0.15, 0.2) is 48.8 Å². The molecule has 1 aliphatic heterocycles. The van der Waals surface area contributed by atoms with Gasteiger partial charge in [-0.1, -0.05) is 12.1 Å². The summed E-state index contributed by atoms with van der Waals surface area (Å²) in [5.41, 5.74) is 1.08. The predicted octanol–water partition coefficient (Wildman–Crippen LogP) is 1.51. The van der Waals surface area contributed by atoms with Gasteiger partial charge in [0.25, 0.3) is 5.91 Å². The highest BCUT2D eigenvalue weighted by Crippen LogP contribution is 2.15. The van der Waals surface area contributed by atoms with Crippen LogP contribution < -0.4 is 0 Å². The number of halogens is 1. The van der Waals surface area contributed by atoms with Crippen LogP contribution in [0.3, 0.4) is 0 Å². The first-order chi connectivity index (χ1) is 12.0. The first-order valence-corrected chi connectivity index (χ1v) is 9.48. The van der Waals surface area contributed by atoms with E-state index in [0.717, 1.165) is 0 Å². The van der Waals surface area contributed by atoms with E-state index in [1.54, 1.807) is 29.4 Å². The molecular weight excluding hydrogens is 345 g/mol. The predicted molar refractivity (Wildman–Crippen MR) is 90.7 cm³/mol. The van der Waals surface area contributed by atoms with Gasteiger partial charge in [0, 0.05) is 44.1 Å². The summed E-state index contributed by atoms with van der Waals surface area (Å²) in [7, 11) is -3.50. The van der Waals surface area contributed by atoms with E-state index in [-0.39, 0.29) is 24.7 Å². The first kappa shape index (κ1) is 17.5. The van der Waals surface area contributed by atoms with Crippen LogP contribution in [0.5, 0.6) is 0 Å². The van der Waals surface area contributed by atoms with Crippen molar-refractivity contribution in [1.29, 1.82) is 0 Å². The van der Waals surface area contributed by atoms with E-state index in [0.29, 0.717) is 24.2 Å². The molecule has 1 aromatic heterocycles. The number of benzene rings is 1. The zero-order chi connectivity index (χ0) is 17.9. The third kappa shape index (κ3) is 4.21. The van der Waals surface area contributed by atoms with E-state index in [4.69, 9.17) is 0 Å². The molecule has 2 aromatic rings.